The van der Waals surface area contributed by atoms with Crippen molar-refractivity contribution in [2.75, 3.05) is 12.1 Å². The summed E-state index contributed by atoms with van der Waals surface area (Å²) >= 11 is 5.88. The minimum absolute atomic E-state index is 0.0267. The lowest BCUT2D eigenvalue weighted by molar-refractivity contribution is 0.140. The number of rotatable bonds is 5. The molecule has 2 aromatic carbocycles. The molecule has 1 N–H and O–H groups in total. The fraction of sp³-hybridized carbons (Fsp3) is 0.111. The number of benzene rings is 2. The first-order valence-electron chi connectivity index (χ1n) is 8.97. The van der Waals surface area contributed by atoms with Crippen molar-refractivity contribution in [3.8, 4) is 11.6 Å². The molecule has 26 heavy (non-hydrogen) atoms. The van der Waals surface area contributed by atoms with Crippen LogP contribution in [0.25, 0.3) is 5.69 Å². The van der Waals surface area contributed by atoms with Crippen molar-refractivity contribution in [1.82, 2.24) is 9.78 Å². The van der Waals surface area contributed by atoms with Crippen LogP contribution >= 0.6 is 11.6 Å². The number of halogens is 1. The van der Waals surface area contributed by atoms with Gasteiger partial charge < -0.3 is 9.47 Å². The molecule has 0 fully saturated rings. The van der Waals surface area contributed by atoms with Gasteiger partial charge in [-0.15, -0.1) is 5.10 Å². The van der Waals surface area contributed by atoms with Crippen molar-refractivity contribution >= 4 is 23.4 Å². The Kier molecular flexibility index (Phi) is 4.31. The van der Waals surface area contributed by atoms with Crippen LogP contribution < -0.4 is 9.80 Å². The molecule has 8 heteroatoms. The van der Waals surface area contributed by atoms with Crippen molar-refractivity contribution in [3.63, 3.8) is 0 Å². The highest BCUT2D eigenvalue weighted by Gasteiger charge is 2.17. The van der Waals surface area contributed by atoms with Gasteiger partial charge in [-0.3, -0.25) is 5.21 Å². The zero-order chi connectivity index (χ0) is 21.0. The van der Waals surface area contributed by atoms with Crippen molar-refractivity contribution in [1.29, 1.82) is 0 Å². The number of carbonyl (C=O) groups is 1. The zero-order valence-electron chi connectivity index (χ0n) is 16.4. The van der Waals surface area contributed by atoms with E-state index < -0.39 is 13.1 Å². The Balaban J connectivity index is 1.70. The predicted molar refractivity (Wildman–Crippen MR) is 96.0 cm³/mol. The third kappa shape index (κ3) is 3.96. The number of methoxy groups -OCH3 is 1. The number of para-hydroxylation sites is 1. The molecule has 0 atom stereocenters. The van der Waals surface area contributed by atoms with Gasteiger partial charge in [0.05, 0.1) is 22.5 Å². The highest BCUT2D eigenvalue weighted by Crippen LogP contribution is 2.22. The third-order valence-electron chi connectivity index (χ3n) is 3.51. The van der Waals surface area contributed by atoms with Gasteiger partial charge in [0.25, 0.3) is 0 Å². The highest BCUT2D eigenvalue weighted by molar-refractivity contribution is 6.30. The van der Waals surface area contributed by atoms with Gasteiger partial charge in [0.1, 0.15) is 6.61 Å². The number of aromatic nitrogens is 2. The predicted octanol–water partition coefficient (Wildman–Crippen LogP) is 4.07. The number of hydrogen-bond acceptors (Lipinski definition) is 5. The first kappa shape index (κ1) is 14.2. The van der Waals surface area contributed by atoms with E-state index in [1.54, 1.807) is 59.4 Å². The molecule has 0 radical (unpaired) electrons. The lowest BCUT2D eigenvalue weighted by Crippen LogP contribution is -2.27. The number of anilines is 1. The normalized spacial score (nSPS) is 12.6. The van der Waals surface area contributed by atoms with E-state index in [0.717, 1.165) is 5.69 Å². The topological polar surface area (TPSA) is 76.8 Å². The van der Waals surface area contributed by atoms with Crippen LogP contribution in [-0.4, -0.2) is 28.1 Å². The average Bonchev–Trinajstić information content (AvgIpc) is 3.14. The van der Waals surface area contributed by atoms with Gasteiger partial charge in [-0.2, -0.15) is 5.06 Å². The highest BCUT2D eigenvalue weighted by atomic mass is 35.5. The maximum absolute atomic E-state index is 11.8. The number of nitrogens with zero attached hydrogens (tertiary/aromatic N) is 3. The summed E-state index contributed by atoms with van der Waals surface area (Å²) in [6.45, 7) is -0.0358. The van der Waals surface area contributed by atoms with Gasteiger partial charge >= 0.3 is 6.09 Å². The Labute approximate surface area is 159 Å². The molecule has 0 aliphatic rings. The smallest absolute Gasteiger partial charge is 0.438 e. The van der Waals surface area contributed by atoms with E-state index >= 15 is 0 Å². The minimum atomic E-state index is -2.97. The first-order valence-corrected chi connectivity index (χ1v) is 7.85. The molecule has 134 valence electrons. The quantitative estimate of drug-likeness (QED) is 0.536. The molecular weight excluding hydrogens is 358 g/mol. The summed E-state index contributed by atoms with van der Waals surface area (Å²) in [6, 6.07) is 15.0. The van der Waals surface area contributed by atoms with E-state index in [0.29, 0.717) is 16.5 Å². The van der Waals surface area contributed by atoms with Gasteiger partial charge in [-0.25, -0.2) is 9.48 Å². The molecule has 0 bridgehead atoms. The second kappa shape index (κ2) is 7.90. The molecule has 0 spiro atoms. The fourth-order valence-corrected chi connectivity index (χ4v) is 2.38. The molecule has 0 saturated carbocycles. The van der Waals surface area contributed by atoms with E-state index in [4.69, 9.17) is 20.5 Å². The second-order valence-electron chi connectivity index (χ2n) is 5.17. The summed E-state index contributed by atoms with van der Waals surface area (Å²) in [5.74, 6) is 0.310. The Morgan fingerprint density at radius 1 is 1.27 bits per heavy atom. The second-order valence-corrected chi connectivity index (χ2v) is 5.61. The number of ether oxygens (including phenoxy) is 2. The summed E-state index contributed by atoms with van der Waals surface area (Å²) in [5, 5.41) is 15.1. The summed E-state index contributed by atoms with van der Waals surface area (Å²) in [6.07, 6.45) is 0.278. The summed E-state index contributed by atoms with van der Waals surface area (Å²) in [4.78, 5) is 11.8. The Bertz CT molecular complexity index is 993. The van der Waals surface area contributed by atoms with Crippen LogP contribution in [-0.2, 0) is 11.3 Å². The monoisotopic (exact) mass is 376 g/mol. The van der Waals surface area contributed by atoms with Crippen LogP contribution in [0.1, 0.15) is 9.68 Å². The molecular formula is C18H16ClN3O4. The number of hydroxylamine groups is 1. The summed E-state index contributed by atoms with van der Waals surface area (Å²) in [5.41, 5.74) is 1.23. The number of hydrogen-bond donors (Lipinski definition) is 1. The van der Waals surface area contributed by atoms with Crippen molar-refractivity contribution in [2.24, 2.45) is 0 Å². The molecule has 0 saturated heterocycles. The molecule has 1 aromatic heterocycles. The number of carbonyl (C=O) groups excluding carboxylic acids is 1. The lowest BCUT2D eigenvalue weighted by atomic mass is 10.2. The molecule has 7 nitrogen and oxygen atoms in total. The van der Waals surface area contributed by atoms with Crippen LogP contribution in [0.4, 0.5) is 10.5 Å². The van der Waals surface area contributed by atoms with Gasteiger partial charge in [0.2, 0.25) is 5.88 Å². The minimum Gasteiger partial charge on any atom is -0.472 e. The Morgan fingerprint density at radius 2 is 2.04 bits per heavy atom. The molecule has 0 aliphatic carbocycles. The standard InChI is InChI=1S/C18H16ClN3O4/c1-25-18(23)22(24)16-5-3-2-4-13(16)12-26-17-10-11-21(20-17)15-8-6-14(19)7-9-15/h2-11,24H,12H2,1H3/i1D3. The van der Waals surface area contributed by atoms with E-state index in [-0.39, 0.29) is 17.4 Å². The molecule has 3 aromatic rings. The first-order chi connectivity index (χ1) is 13.7. The van der Waals surface area contributed by atoms with Gasteiger partial charge in [0, 0.05) is 22.8 Å². The molecule has 0 unspecified atom stereocenters. The van der Waals surface area contributed by atoms with Gasteiger partial charge in [0.15, 0.2) is 0 Å². The fourth-order valence-electron chi connectivity index (χ4n) is 2.25. The van der Waals surface area contributed by atoms with Gasteiger partial charge in [-0.1, -0.05) is 29.8 Å². The van der Waals surface area contributed by atoms with Crippen molar-refractivity contribution < 1.29 is 23.6 Å². The average molecular weight is 377 g/mol. The summed E-state index contributed by atoms with van der Waals surface area (Å²) in [7, 11) is -2.97. The lowest BCUT2D eigenvalue weighted by Gasteiger charge is -2.16. The Morgan fingerprint density at radius 3 is 2.81 bits per heavy atom. The SMILES string of the molecule is [2H]C([2H])([2H])OC(=O)N(O)c1ccccc1COc1ccn(-c2ccc(Cl)cc2)n1. The maximum atomic E-state index is 11.8. The van der Waals surface area contributed by atoms with Crippen molar-refractivity contribution in [2.45, 2.75) is 6.61 Å². The molecule has 0 aliphatic heterocycles. The van der Waals surface area contributed by atoms with Crippen molar-refractivity contribution in [3.05, 3.63) is 71.4 Å². The number of amides is 1. The molecule has 1 heterocycles. The van der Waals surface area contributed by atoms with E-state index in [1.807, 2.05) is 0 Å². The Hall–Kier alpha value is -3.03. The van der Waals surface area contributed by atoms with Crippen LogP contribution in [0.5, 0.6) is 5.88 Å². The third-order valence-corrected chi connectivity index (χ3v) is 3.76. The van der Waals surface area contributed by atoms with E-state index in [1.165, 1.54) is 6.07 Å². The van der Waals surface area contributed by atoms with Crippen LogP contribution in [0.2, 0.25) is 5.02 Å². The molecule has 1 amide bonds. The summed E-state index contributed by atoms with van der Waals surface area (Å²) < 4.78 is 32.3. The van der Waals surface area contributed by atoms with Crippen LogP contribution in [0.3, 0.4) is 0 Å². The van der Waals surface area contributed by atoms with Gasteiger partial charge in [-0.05, 0) is 30.3 Å². The van der Waals surface area contributed by atoms with Crippen LogP contribution in [0.15, 0.2) is 60.8 Å². The largest absolute Gasteiger partial charge is 0.472 e. The van der Waals surface area contributed by atoms with E-state index in [2.05, 4.69) is 9.84 Å². The van der Waals surface area contributed by atoms with Crippen LogP contribution in [0, 0.1) is 0 Å². The van der Waals surface area contributed by atoms with E-state index in [9.17, 15) is 10.0 Å². The molecule has 3 rings (SSSR count). The maximum Gasteiger partial charge on any atom is 0.438 e. The zero-order valence-corrected chi connectivity index (χ0v) is 14.1.